The molecule has 0 bridgehead atoms. The molecule has 98 valence electrons. The first kappa shape index (κ1) is 12.0. The van der Waals surface area contributed by atoms with Gasteiger partial charge in [0.05, 0.1) is 12.2 Å². The van der Waals surface area contributed by atoms with Gasteiger partial charge in [-0.25, -0.2) is 0 Å². The first-order chi connectivity index (χ1) is 8.67. The van der Waals surface area contributed by atoms with E-state index in [4.69, 9.17) is 4.74 Å². The molecule has 2 heteroatoms. The van der Waals surface area contributed by atoms with Crippen LogP contribution in [0, 0.1) is 5.41 Å². The number of rotatable bonds is 4. The van der Waals surface area contributed by atoms with E-state index < -0.39 is 0 Å². The van der Waals surface area contributed by atoms with Crippen molar-refractivity contribution < 1.29 is 9.84 Å². The van der Waals surface area contributed by atoms with E-state index in [0.717, 1.165) is 24.2 Å². The average molecular weight is 246 g/mol. The highest BCUT2D eigenvalue weighted by Crippen LogP contribution is 2.47. The summed E-state index contributed by atoms with van der Waals surface area (Å²) in [6.45, 7) is 2.21. The number of aliphatic hydroxyl groups is 1. The lowest BCUT2D eigenvalue weighted by Crippen LogP contribution is -2.21. The van der Waals surface area contributed by atoms with Crippen molar-refractivity contribution in [1.29, 1.82) is 0 Å². The van der Waals surface area contributed by atoms with E-state index in [1.54, 1.807) is 0 Å². The summed E-state index contributed by atoms with van der Waals surface area (Å²) in [6.07, 6.45) is 7.23. The van der Waals surface area contributed by atoms with Crippen molar-refractivity contribution in [2.24, 2.45) is 5.41 Å². The fraction of sp³-hybridized carbons (Fsp3) is 0.625. The summed E-state index contributed by atoms with van der Waals surface area (Å²) in [5, 5.41) is 10.5. The van der Waals surface area contributed by atoms with E-state index >= 15 is 0 Å². The van der Waals surface area contributed by atoms with Crippen molar-refractivity contribution in [3.05, 3.63) is 29.8 Å². The molecule has 1 unspecified atom stereocenters. The summed E-state index contributed by atoms with van der Waals surface area (Å²) in [5.41, 5.74) is 1.10. The molecule has 1 aromatic rings. The first-order valence-corrected chi connectivity index (χ1v) is 7.12. The summed E-state index contributed by atoms with van der Waals surface area (Å²) in [5.74, 6) is 0.935. The molecule has 0 saturated heterocycles. The summed E-state index contributed by atoms with van der Waals surface area (Å²) in [6, 6.07) is 8.03. The second kappa shape index (κ2) is 4.58. The second-order valence-electron chi connectivity index (χ2n) is 6.15. The molecule has 0 radical (unpaired) electrons. The van der Waals surface area contributed by atoms with Crippen LogP contribution in [0.25, 0.3) is 0 Å². The maximum Gasteiger partial charge on any atom is 0.119 e. The molecular formula is C16H22O2. The molecule has 2 aliphatic carbocycles. The van der Waals surface area contributed by atoms with Gasteiger partial charge in [-0.15, -0.1) is 0 Å². The van der Waals surface area contributed by atoms with E-state index in [9.17, 15) is 5.11 Å². The summed E-state index contributed by atoms with van der Waals surface area (Å²) < 4.78 is 5.73. The lowest BCUT2D eigenvalue weighted by molar-refractivity contribution is 0.0408. The standard InChI is InChI=1S/C16H22O2/c1-16(10-2-3-11-16)15(17)12-4-6-13(7-5-12)18-14-8-9-14/h4-7,14-15,17H,2-3,8-11H2,1H3. The van der Waals surface area contributed by atoms with Crippen molar-refractivity contribution in [3.63, 3.8) is 0 Å². The molecule has 1 N–H and O–H groups in total. The van der Waals surface area contributed by atoms with Gasteiger partial charge in [0, 0.05) is 0 Å². The predicted molar refractivity (Wildman–Crippen MR) is 71.6 cm³/mol. The minimum atomic E-state index is -0.338. The molecule has 1 aromatic carbocycles. The van der Waals surface area contributed by atoms with E-state index in [1.165, 1.54) is 25.7 Å². The first-order valence-electron chi connectivity index (χ1n) is 7.12. The van der Waals surface area contributed by atoms with Gasteiger partial charge in [-0.2, -0.15) is 0 Å². The Morgan fingerprint density at radius 2 is 1.78 bits per heavy atom. The molecule has 3 rings (SSSR count). The molecule has 0 heterocycles. The molecule has 2 nitrogen and oxygen atoms in total. The number of hydrogen-bond acceptors (Lipinski definition) is 2. The second-order valence-corrected chi connectivity index (χ2v) is 6.15. The Balaban J connectivity index is 1.70. The van der Waals surface area contributed by atoms with Crippen LogP contribution in [0.15, 0.2) is 24.3 Å². The van der Waals surface area contributed by atoms with Gasteiger partial charge in [0.15, 0.2) is 0 Å². The largest absolute Gasteiger partial charge is 0.490 e. The van der Waals surface area contributed by atoms with Crippen LogP contribution in [-0.4, -0.2) is 11.2 Å². The van der Waals surface area contributed by atoms with Gasteiger partial charge in [-0.3, -0.25) is 0 Å². The zero-order chi connectivity index (χ0) is 12.6. The molecule has 18 heavy (non-hydrogen) atoms. The molecule has 0 spiro atoms. The number of aliphatic hydroxyl groups excluding tert-OH is 1. The number of hydrogen-bond donors (Lipinski definition) is 1. The third-order valence-electron chi connectivity index (χ3n) is 4.43. The Morgan fingerprint density at radius 3 is 2.33 bits per heavy atom. The van der Waals surface area contributed by atoms with Crippen molar-refractivity contribution in [2.75, 3.05) is 0 Å². The van der Waals surface area contributed by atoms with Gasteiger partial charge in [-0.05, 0) is 48.8 Å². The van der Waals surface area contributed by atoms with Crippen molar-refractivity contribution in [3.8, 4) is 5.75 Å². The van der Waals surface area contributed by atoms with Gasteiger partial charge in [0.25, 0.3) is 0 Å². The van der Waals surface area contributed by atoms with Crippen LogP contribution in [-0.2, 0) is 0 Å². The summed E-state index contributed by atoms with van der Waals surface area (Å²) in [7, 11) is 0. The lowest BCUT2D eigenvalue weighted by Gasteiger charge is -2.30. The van der Waals surface area contributed by atoms with Crippen molar-refractivity contribution >= 4 is 0 Å². The van der Waals surface area contributed by atoms with Crippen LogP contribution >= 0.6 is 0 Å². The highest BCUT2D eigenvalue weighted by molar-refractivity contribution is 5.30. The van der Waals surface area contributed by atoms with E-state index in [0.29, 0.717) is 6.10 Å². The molecule has 2 saturated carbocycles. The Bertz CT molecular complexity index is 400. The van der Waals surface area contributed by atoms with E-state index in [2.05, 4.69) is 6.92 Å². The van der Waals surface area contributed by atoms with Gasteiger partial charge >= 0.3 is 0 Å². The van der Waals surface area contributed by atoms with Crippen LogP contribution in [0.3, 0.4) is 0 Å². The third-order valence-corrected chi connectivity index (χ3v) is 4.43. The van der Waals surface area contributed by atoms with Gasteiger partial charge in [0.2, 0.25) is 0 Å². The SMILES string of the molecule is CC1(C(O)c2ccc(OC3CC3)cc2)CCCC1. The quantitative estimate of drug-likeness (QED) is 0.874. The zero-order valence-corrected chi connectivity index (χ0v) is 11.1. The minimum Gasteiger partial charge on any atom is -0.490 e. The highest BCUT2D eigenvalue weighted by atomic mass is 16.5. The number of benzene rings is 1. The predicted octanol–water partition coefficient (Wildman–Crippen LogP) is 3.84. The fourth-order valence-corrected chi connectivity index (χ4v) is 2.97. The Morgan fingerprint density at radius 1 is 1.17 bits per heavy atom. The maximum absolute atomic E-state index is 10.5. The average Bonchev–Trinajstić information content (AvgIpc) is 3.09. The molecule has 2 fully saturated rings. The molecule has 0 aromatic heterocycles. The third kappa shape index (κ3) is 2.39. The topological polar surface area (TPSA) is 29.5 Å². The van der Waals surface area contributed by atoms with Gasteiger partial charge < -0.3 is 9.84 Å². The van der Waals surface area contributed by atoms with E-state index in [-0.39, 0.29) is 11.5 Å². The van der Waals surface area contributed by atoms with Crippen LogP contribution in [0.4, 0.5) is 0 Å². The Labute approximate surface area is 109 Å². The summed E-state index contributed by atoms with van der Waals surface area (Å²) >= 11 is 0. The minimum absolute atomic E-state index is 0.0683. The monoisotopic (exact) mass is 246 g/mol. The van der Waals surface area contributed by atoms with Crippen LogP contribution in [0.2, 0.25) is 0 Å². The molecule has 0 aliphatic heterocycles. The number of ether oxygens (including phenoxy) is 1. The Hall–Kier alpha value is -1.02. The van der Waals surface area contributed by atoms with Crippen LogP contribution < -0.4 is 4.74 Å². The van der Waals surface area contributed by atoms with Crippen LogP contribution in [0.1, 0.15) is 57.1 Å². The molecular weight excluding hydrogens is 224 g/mol. The summed E-state index contributed by atoms with van der Waals surface area (Å²) in [4.78, 5) is 0. The van der Waals surface area contributed by atoms with Gasteiger partial charge in [0.1, 0.15) is 5.75 Å². The van der Waals surface area contributed by atoms with Crippen LogP contribution in [0.5, 0.6) is 5.75 Å². The zero-order valence-electron chi connectivity index (χ0n) is 11.1. The highest BCUT2D eigenvalue weighted by Gasteiger charge is 2.36. The lowest BCUT2D eigenvalue weighted by atomic mass is 9.79. The maximum atomic E-state index is 10.5. The normalized spacial score (nSPS) is 23.9. The fourth-order valence-electron chi connectivity index (χ4n) is 2.97. The molecule has 1 atom stereocenters. The van der Waals surface area contributed by atoms with Crippen molar-refractivity contribution in [1.82, 2.24) is 0 Å². The smallest absolute Gasteiger partial charge is 0.119 e. The molecule has 0 amide bonds. The molecule has 2 aliphatic rings. The Kier molecular flexibility index (Phi) is 3.06. The van der Waals surface area contributed by atoms with Crippen molar-refractivity contribution in [2.45, 2.75) is 57.7 Å². The van der Waals surface area contributed by atoms with E-state index in [1.807, 2.05) is 24.3 Å². The van der Waals surface area contributed by atoms with Gasteiger partial charge in [-0.1, -0.05) is 31.9 Å².